The predicted molar refractivity (Wildman–Crippen MR) is 53.1 cm³/mol. The van der Waals surface area contributed by atoms with Crippen LogP contribution in [0.1, 0.15) is 0 Å². The molecule has 0 aromatic carbocycles. The molecule has 2 aliphatic heterocycles. The fourth-order valence-corrected chi connectivity index (χ4v) is 2.57. The van der Waals surface area contributed by atoms with Crippen molar-refractivity contribution < 1.29 is 24.9 Å². The maximum absolute atomic E-state index is 9.77. The van der Waals surface area contributed by atoms with Crippen molar-refractivity contribution in [3.8, 4) is 0 Å². The van der Waals surface area contributed by atoms with Gasteiger partial charge in [0.1, 0.15) is 29.9 Å². The van der Waals surface area contributed by atoms with Crippen molar-refractivity contribution >= 4 is 11.8 Å². The Kier molecular flexibility index (Phi) is 3.51. The highest BCUT2D eigenvalue weighted by Crippen LogP contribution is 2.32. The molecule has 88 valence electrons. The van der Waals surface area contributed by atoms with E-state index in [4.69, 9.17) is 14.7 Å². The highest BCUT2D eigenvalue weighted by Gasteiger charge is 2.51. The lowest BCUT2D eigenvalue weighted by atomic mass is 9.96. The van der Waals surface area contributed by atoms with Crippen molar-refractivity contribution in [1.82, 2.24) is 5.48 Å². The van der Waals surface area contributed by atoms with E-state index in [0.717, 1.165) is 0 Å². The SMILES string of the molecule is CSC1OC2C(CO)NOC2C(O)C1O. The summed E-state index contributed by atoms with van der Waals surface area (Å²) in [6.07, 6.45) is -1.23. The number of hydroxylamine groups is 1. The van der Waals surface area contributed by atoms with E-state index in [-0.39, 0.29) is 12.6 Å². The summed E-state index contributed by atoms with van der Waals surface area (Å²) in [7, 11) is 0. The highest BCUT2D eigenvalue weighted by atomic mass is 32.2. The molecule has 6 atom stereocenters. The van der Waals surface area contributed by atoms with Gasteiger partial charge < -0.3 is 20.1 Å². The van der Waals surface area contributed by atoms with Gasteiger partial charge in [-0.25, -0.2) is 0 Å². The molecular weight excluding hydrogens is 222 g/mol. The number of rotatable bonds is 2. The van der Waals surface area contributed by atoms with Crippen LogP contribution in [0.5, 0.6) is 0 Å². The highest BCUT2D eigenvalue weighted by molar-refractivity contribution is 7.99. The topological polar surface area (TPSA) is 91.2 Å². The lowest BCUT2D eigenvalue weighted by Crippen LogP contribution is -2.57. The van der Waals surface area contributed by atoms with Crippen LogP contribution in [0.3, 0.4) is 0 Å². The lowest BCUT2D eigenvalue weighted by Gasteiger charge is -2.38. The van der Waals surface area contributed by atoms with E-state index in [1.165, 1.54) is 11.8 Å². The number of fused-ring (bicyclic) bond motifs is 1. The zero-order chi connectivity index (χ0) is 11.0. The minimum absolute atomic E-state index is 0.134. The van der Waals surface area contributed by atoms with Gasteiger partial charge in [-0.1, -0.05) is 0 Å². The summed E-state index contributed by atoms with van der Waals surface area (Å²) in [4.78, 5) is 5.08. The van der Waals surface area contributed by atoms with E-state index in [1.54, 1.807) is 6.26 Å². The molecule has 2 aliphatic rings. The molecule has 6 unspecified atom stereocenters. The maximum atomic E-state index is 9.77. The van der Waals surface area contributed by atoms with E-state index in [2.05, 4.69) is 5.48 Å². The van der Waals surface area contributed by atoms with E-state index in [0.29, 0.717) is 0 Å². The summed E-state index contributed by atoms with van der Waals surface area (Å²) >= 11 is 1.32. The number of aliphatic hydroxyl groups is 3. The molecule has 0 aromatic heterocycles. The van der Waals surface area contributed by atoms with Crippen LogP contribution in [0.4, 0.5) is 0 Å². The zero-order valence-corrected chi connectivity index (χ0v) is 9.05. The largest absolute Gasteiger partial charge is 0.395 e. The van der Waals surface area contributed by atoms with Gasteiger partial charge in [0.25, 0.3) is 0 Å². The summed E-state index contributed by atoms with van der Waals surface area (Å²) in [5.41, 5.74) is 2.10. The monoisotopic (exact) mass is 237 g/mol. The number of aliphatic hydroxyl groups excluding tert-OH is 3. The smallest absolute Gasteiger partial charge is 0.135 e. The molecule has 7 heteroatoms. The van der Waals surface area contributed by atoms with Crippen LogP contribution >= 0.6 is 11.8 Å². The Morgan fingerprint density at radius 2 is 2.00 bits per heavy atom. The van der Waals surface area contributed by atoms with Crippen molar-refractivity contribution in [2.24, 2.45) is 0 Å². The molecule has 2 rings (SSSR count). The molecular formula is C8H15NO5S. The lowest BCUT2D eigenvalue weighted by molar-refractivity contribution is -0.190. The Labute approximate surface area is 91.5 Å². The second-order valence-electron chi connectivity index (χ2n) is 3.68. The first-order chi connectivity index (χ1) is 7.19. The Morgan fingerprint density at radius 1 is 1.27 bits per heavy atom. The number of ether oxygens (including phenoxy) is 1. The number of hydrogen-bond acceptors (Lipinski definition) is 7. The third-order valence-electron chi connectivity index (χ3n) is 2.76. The fraction of sp³-hybridized carbons (Fsp3) is 1.00. The Balaban J connectivity index is 2.11. The van der Waals surface area contributed by atoms with Gasteiger partial charge in [-0.15, -0.1) is 11.8 Å². The molecule has 0 radical (unpaired) electrons. The second-order valence-corrected chi connectivity index (χ2v) is 4.61. The van der Waals surface area contributed by atoms with Gasteiger partial charge in [-0.05, 0) is 6.26 Å². The van der Waals surface area contributed by atoms with Gasteiger partial charge in [0.05, 0.1) is 12.6 Å². The molecule has 0 bridgehead atoms. The summed E-state index contributed by atoms with van der Waals surface area (Å²) in [6.45, 7) is -0.134. The molecule has 4 N–H and O–H groups in total. The molecule has 15 heavy (non-hydrogen) atoms. The van der Waals surface area contributed by atoms with Crippen molar-refractivity contribution in [2.75, 3.05) is 12.9 Å². The van der Waals surface area contributed by atoms with Crippen LogP contribution in [0.2, 0.25) is 0 Å². The van der Waals surface area contributed by atoms with Crippen molar-refractivity contribution in [2.45, 2.75) is 35.9 Å². The molecule has 0 spiro atoms. The van der Waals surface area contributed by atoms with Crippen LogP contribution in [-0.2, 0) is 9.57 Å². The fourth-order valence-electron chi connectivity index (χ4n) is 1.89. The average Bonchev–Trinajstić information content (AvgIpc) is 2.66. The predicted octanol–water partition coefficient (Wildman–Crippen LogP) is -1.94. The quantitative estimate of drug-likeness (QED) is 0.444. The molecule has 2 heterocycles. The van der Waals surface area contributed by atoms with E-state index in [9.17, 15) is 10.2 Å². The number of hydrogen-bond donors (Lipinski definition) is 4. The minimum Gasteiger partial charge on any atom is -0.395 e. The third-order valence-corrected chi connectivity index (χ3v) is 3.62. The first-order valence-corrected chi connectivity index (χ1v) is 6.04. The normalized spacial score (nSPS) is 50.4. The van der Waals surface area contributed by atoms with Gasteiger partial charge in [0.2, 0.25) is 0 Å². The van der Waals surface area contributed by atoms with Gasteiger partial charge in [-0.2, -0.15) is 5.48 Å². The van der Waals surface area contributed by atoms with Crippen LogP contribution in [0.15, 0.2) is 0 Å². The molecule has 0 aliphatic carbocycles. The van der Waals surface area contributed by atoms with Crippen LogP contribution in [-0.4, -0.2) is 64.1 Å². The second kappa shape index (κ2) is 4.54. The third kappa shape index (κ3) is 1.89. The zero-order valence-electron chi connectivity index (χ0n) is 8.24. The van der Waals surface area contributed by atoms with Crippen molar-refractivity contribution in [1.29, 1.82) is 0 Å². The summed E-state index contributed by atoms with van der Waals surface area (Å²) in [6, 6.07) is -0.355. The number of nitrogens with one attached hydrogen (secondary N) is 1. The van der Waals surface area contributed by atoms with Gasteiger partial charge >= 0.3 is 0 Å². The first kappa shape index (κ1) is 11.6. The Morgan fingerprint density at radius 3 is 2.60 bits per heavy atom. The van der Waals surface area contributed by atoms with Crippen LogP contribution in [0.25, 0.3) is 0 Å². The van der Waals surface area contributed by atoms with Gasteiger partial charge in [0.15, 0.2) is 0 Å². The standard InChI is InChI=1S/C8H15NO5S/c1-15-8-5(12)4(11)7-6(13-8)3(2-10)9-14-7/h3-12H,2H2,1H3. The summed E-state index contributed by atoms with van der Waals surface area (Å²) < 4.78 is 5.55. The molecule has 2 fully saturated rings. The first-order valence-electron chi connectivity index (χ1n) is 4.75. The Bertz CT molecular complexity index is 231. The van der Waals surface area contributed by atoms with Gasteiger partial charge in [0, 0.05) is 0 Å². The molecule has 0 aromatic rings. The van der Waals surface area contributed by atoms with E-state index in [1.807, 2.05) is 0 Å². The van der Waals surface area contributed by atoms with Crippen molar-refractivity contribution in [3.05, 3.63) is 0 Å². The summed E-state index contributed by atoms with van der Waals surface area (Å²) in [5.74, 6) is 0. The van der Waals surface area contributed by atoms with Crippen LogP contribution in [0, 0.1) is 0 Å². The van der Waals surface area contributed by atoms with Crippen LogP contribution < -0.4 is 5.48 Å². The van der Waals surface area contributed by atoms with E-state index < -0.39 is 29.9 Å². The Hall–Kier alpha value is 0.110. The summed E-state index contributed by atoms with van der Waals surface area (Å²) in [5, 5.41) is 28.5. The van der Waals surface area contributed by atoms with Crippen molar-refractivity contribution in [3.63, 3.8) is 0 Å². The molecule has 0 saturated carbocycles. The average molecular weight is 237 g/mol. The van der Waals surface area contributed by atoms with E-state index >= 15 is 0 Å². The maximum Gasteiger partial charge on any atom is 0.135 e. The molecule has 2 saturated heterocycles. The minimum atomic E-state index is -0.995. The molecule has 6 nitrogen and oxygen atoms in total. The molecule has 0 amide bonds. The van der Waals surface area contributed by atoms with Gasteiger partial charge in [-0.3, -0.25) is 4.84 Å². The number of thioether (sulfide) groups is 1.